The SMILES string of the molecule is Cc1cc2c3cc1N1c4cc(N(c5ccccc5)c5ccccc5)ccc4B4c5cc6c(cc5N(c5ccc7c(c5)C(C)(C)CCC7(C)C)c5cc(cc1c54)N(c1ccccc1)c1cccc(c1)C3(C)CCC2(C)C)C(C)(C)CCC6(C)C. The van der Waals surface area contributed by atoms with Crippen molar-refractivity contribution < 1.29 is 0 Å². The Kier molecular flexibility index (Phi) is 11.2. The molecule has 1 unspecified atom stereocenters. The maximum absolute atomic E-state index is 2.74. The van der Waals surface area contributed by atoms with Gasteiger partial charge in [-0.1, -0.05) is 167 Å². The maximum atomic E-state index is 2.74. The van der Waals surface area contributed by atoms with Crippen LogP contribution in [-0.2, 0) is 32.5 Å². The van der Waals surface area contributed by atoms with E-state index in [0.29, 0.717) is 0 Å². The first-order valence-corrected chi connectivity index (χ1v) is 30.9. The first-order valence-electron chi connectivity index (χ1n) is 30.9. The van der Waals surface area contributed by atoms with E-state index in [1.165, 1.54) is 107 Å². The standard InChI is InChI=1S/C78H79BN4/c1-50-41-60-64-49-67(50)83-68-44-57(80(52-24-16-13-17-25-52)53-26-18-14-19-27-53)32-34-65(68)79-66-47-62-63(76(8,9)38-37-75(62,6)7)48-69(66)82(56-31-33-59-61(43-56)74(4,5)36-35-73(59,2)3)70-45-58(46-71(83)72(70)79)81(54-28-20-15-21-29-54)55-30-22-23-51(42-55)78(64,12)40-39-77(60,10)11/h13-34,41-49H,35-40H2,1-12H3. The molecule has 0 amide bonds. The zero-order chi connectivity index (χ0) is 57.3. The third-order valence-corrected chi connectivity index (χ3v) is 21.6. The summed E-state index contributed by atoms with van der Waals surface area (Å²) in [5.41, 5.74) is 29.6. The van der Waals surface area contributed by atoms with Crippen molar-refractivity contribution >= 4 is 91.3 Å². The van der Waals surface area contributed by atoms with Gasteiger partial charge in [-0.25, -0.2) is 0 Å². The molecule has 4 nitrogen and oxygen atoms in total. The molecule has 0 fully saturated rings. The van der Waals surface area contributed by atoms with Crippen molar-refractivity contribution in [2.45, 2.75) is 154 Å². The van der Waals surface area contributed by atoms with Gasteiger partial charge in [0.1, 0.15) is 0 Å². The van der Waals surface area contributed by atoms with E-state index in [1.807, 2.05) is 0 Å². The van der Waals surface area contributed by atoms with Crippen LogP contribution >= 0.6 is 0 Å². The molecule has 9 aromatic rings. The molecule has 3 aliphatic heterocycles. The van der Waals surface area contributed by atoms with Crippen LogP contribution in [0.4, 0.5) is 68.2 Å². The van der Waals surface area contributed by atoms with Gasteiger partial charge < -0.3 is 19.6 Å². The highest BCUT2D eigenvalue weighted by atomic mass is 15.2. The summed E-state index contributed by atoms with van der Waals surface area (Å²) in [5.74, 6) is 0. The van der Waals surface area contributed by atoms with Crippen LogP contribution in [0.2, 0.25) is 0 Å². The lowest BCUT2D eigenvalue weighted by Gasteiger charge is -2.49. The summed E-state index contributed by atoms with van der Waals surface area (Å²) < 4.78 is 0. The van der Waals surface area contributed by atoms with E-state index in [9.17, 15) is 0 Å². The second-order valence-electron chi connectivity index (χ2n) is 29.1. The van der Waals surface area contributed by atoms with Gasteiger partial charge in [0, 0.05) is 68.0 Å². The predicted molar refractivity (Wildman–Crippen MR) is 354 cm³/mol. The van der Waals surface area contributed by atoms with E-state index in [2.05, 4.69) is 291 Å². The van der Waals surface area contributed by atoms with Crippen molar-refractivity contribution in [3.8, 4) is 0 Å². The van der Waals surface area contributed by atoms with E-state index >= 15 is 0 Å². The molecule has 83 heavy (non-hydrogen) atoms. The summed E-state index contributed by atoms with van der Waals surface area (Å²) in [6.07, 6.45) is 6.77. The van der Waals surface area contributed by atoms with E-state index in [0.717, 1.165) is 60.5 Å². The summed E-state index contributed by atoms with van der Waals surface area (Å²) in [5, 5.41) is 0. The number of hydrogen-bond acceptors (Lipinski definition) is 4. The highest BCUT2D eigenvalue weighted by molar-refractivity contribution is 7.00. The molecule has 6 bridgehead atoms. The molecule has 5 heteroatoms. The summed E-state index contributed by atoms with van der Waals surface area (Å²) in [4.78, 5) is 10.5. The monoisotopic (exact) mass is 1080 g/mol. The molecule has 0 saturated carbocycles. The number of anilines is 12. The van der Waals surface area contributed by atoms with Gasteiger partial charge in [0.2, 0.25) is 0 Å². The van der Waals surface area contributed by atoms with Gasteiger partial charge in [-0.15, -0.1) is 0 Å². The van der Waals surface area contributed by atoms with Gasteiger partial charge in [-0.05, 0) is 230 Å². The summed E-state index contributed by atoms with van der Waals surface area (Å²) in [6.45, 7) is 29.7. The van der Waals surface area contributed by atoms with Crippen molar-refractivity contribution in [1.82, 2.24) is 0 Å². The molecule has 1 atom stereocenters. The third-order valence-electron chi connectivity index (χ3n) is 21.6. The van der Waals surface area contributed by atoms with Crippen LogP contribution in [0.1, 0.15) is 159 Å². The van der Waals surface area contributed by atoms with Crippen molar-refractivity contribution in [2.75, 3.05) is 19.6 Å². The lowest BCUT2D eigenvalue weighted by atomic mass is 9.33. The maximum Gasteiger partial charge on any atom is 0.252 e. The lowest BCUT2D eigenvalue weighted by molar-refractivity contribution is 0.332. The van der Waals surface area contributed by atoms with Crippen molar-refractivity contribution in [1.29, 1.82) is 0 Å². The fourth-order valence-electron chi connectivity index (χ4n) is 16.2. The summed E-state index contributed by atoms with van der Waals surface area (Å²) in [7, 11) is 0. The Bertz CT molecular complexity index is 4090. The van der Waals surface area contributed by atoms with Crippen LogP contribution in [0.15, 0.2) is 188 Å². The molecule has 0 aromatic heterocycles. The first kappa shape index (κ1) is 52.1. The van der Waals surface area contributed by atoms with Crippen LogP contribution in [0.5, 0.6) is 0 Å². The Morgan fingerprint density at radius 1 is 0.325 bits per heavy atom. The van der Waals surface area contributed by atoms with Gasteiger partial charge in [0.15, 0.2) is 0 Å². The summed E-state index contributed by atoms with van der Waals surface area (Å²) in [6, 6.07) is 73.6. The highest BCUT2D eigenvalue weighted by Crippen LogP contribution is 2.57. The minimum atomic E-state index is -0.247. The van der Waals surface area contributed by atoms with Crippen LogP contribution < -0.4 is 36.0 Å². The van der Waals surface area contributed by atoms with Gasteiger partial charge in [0.25, 0.3) is 6.71 Å². The Balaban J connectivity index is 1.12. The van der Waals surface area contributed by atoms with E-state index in [-0.39, 0.29) is 39.2 Å². The van der Waals surface area contributed by atoms with Crippen LogP contribution in [0.3, 0.4) is 0 Å². The quantitative estimate of drug-likeness (QED) is 0.159. The number of rotatable bonds is 5. The van der Waals surface area contributed by atoms with Crippen molar-refractivity contribution in [3.63, 3.8) is 0 Å². The number of aryl methyl sites for hydroxylation is 1. The normalized spacial score (nSPS) is 20.2. The number of para-hydroxylation sites is 3. The molecule has 3 heterocycles. The number of nitrogens with zero attached hydrogens (tertiary/aromatic N) is 4. The lowest BCUT2D eigenvalue weighted by Crippen LogP contribution is -2.62. The van der Waals surface area contributed by atoms with Crippen molar-refractivity contribution in [2.24, 2.45) is 0 Å². The fourth-order valence-corrected chi connectivity index (χ4v) is 16.2. The number of fused-ring (bicyclic) bond motifs is 13. The minimum absolute atomic E-state index is 0.00246. The van der Waals surface area contributed by atoms with E-state index in [1.54, 1.807) is 0 Å². The zero-order valence-electron chi connectivity index (χ0n) is 51.0. The van der Waals surface area contributed by atoms with Gasteiger partial charge in [-0.2, -0.15) is 0 Å². The van der Waals surface area contributed by atoms with Crippen LogP contribution in [0, 0.1) is 6.92 Å². The smallest absolute Gasteiger partial charge is 0.252 e. The van der Waals surface area contributed by atoms with Crippen LogP contribution in [-0.4, -0.2) is 6.71 Å². The Morgan fingerprint density at radius 3 is 1.47 bits per heavy atom. The van der Waals surface area contributed by atoms with Gasteiger partial charge >= 0.3 is 0 Å². The second-order valence-corrected chi connectivity index (χ2v) is 29.1. The molecular formula is C78H79BN4. The van der Waals surface area contributed by atoms with Gasteiger partial charge in [-0.3, -0.25) is 0 Å². The zero-order valence-corrected chi connectivity index (χ0v) is 51.0. The Morgan fingerprint density at radius 2 is 0.831 bits per heavy atom. The number of benzene rings is 9. The molecule has 0 saturated heterocycles. The van der Waals surface area contributed by atoms with E-state index in [4.69, 9.17) is 0 Å². The molecule has 15 rings (SSSR count). The molecule has 0 spiro atoms. The van der Waals surface area contributed by atoms with E-state index < -0.39 is 0 Å². The summed E-state index contributed by atoms with van der Waals surface area (Å²) >= 11 is 0. The second kappa shape index (κ2) is 17.9. The molecular weight excluding hydrogens is 1000 g/mol. The van der Waals surface area contributed by atoms with Crippen LogP contribution in [0.25, 0.3) is 0 Å². The largest absolute Gasteiger partial charge is 0.311 e. The molecule has 0 N–H and O–H groups in total. The highest BCUT2D eigenvalue weighted by Gasteiger charge is 2.49. The average molecular weight is 1080 g/mol. The molecule has 0 radical (unpaired) electrons. The topological polar surface area (TPSA) is 13.0 Å². The van der Waals surface area contributed by atoms with Gasteiger partial charge in [0.05, 0.1) is 5.69 Å². The molecule has 414 valence electrons. The molecule has 6 aliphatic rings. The Labute approximate surface area is 494 Å². The Hall–Kier alpha value is -7.76. The fraction of sp³-hybridized carbons (Fsp3) is 0.308. The average Bonchev–Trinajstić information content (AvgIpc) is 1.06. The third kappa shape index (κ3) is 7.78. The minimum Gasteiger partial charge on any atom is -0.311 e. The first-order chi connectivity index (χ1) is 39.6. The van der Waals surface area contributed by atoms with Crippen molar-refractivity contribution in [3.05, 3.63) is 233 Å². The molecule has 9 aromatic carbocycles. The molecule has 3 aliphatic carbocycles. The predicted octanol–water partition coefficient (Wildman–Crippen LogP) is 19.4. The number of hydrogen-bond donors (Lipinski definition) is 0.